The summed E-state index contributed by atoms with van der Waals surface area (Å²) in [5.41, 5.74) is 3.04. The van der Waals surface area contributed by atoms with Crippen LogP contribution in [0, 0.1) is 5.92 Å². The Morgan fingerprint density at radius 1 is 1.38 bits per heavy atom. The third-order valence-electron chi connectivity index (χ3n) is 3.64. The van der Waals surface area contributed by atoms with Gasteiger partial charge < -0.3 is 0 Å². The number of nitrogens with one attached hydrogen (secondary N) is 1. The largest absolute Gasteiger partial charge is 0.271 e. The van der Waals surface area contributed by atoms with Crippen molar-refractivity contribution in [2.75, 3.05) is 0 Å². The van der Waals surface area contributed by atoms with Crippen LogP contribution in [-0.2, 0) is 6.42 Å². The molecular formula is C13H22N2S. The lowest BCUT2D eigenvalue weighted by molar-refractivity contribution is 0.276. The number of hydrazine groups is 1. The average Bonchev–Trinajstić information content (AvgIpc) is 2.80. The van der Waals surface area contributed by atoms with Crippen LogP contribution in [0.3, 0.4) is 0 Å². The molecule has 0 bridgehead atoms. The van der Waals surface area contributed by atoms with E-state index in [0.29, 0.717) is 6.04 Å². The fourth-order valence-electron chi connectivity index (χ4n) is 2.67. The second kappa shape index (κ2) is 5.80. The lowest BCUT2D eigenvalue weighted by Crippen LogP contribution is -2.33. The van der Waals surface area contributed by atoms with Gasteiger partial charge in [-0.05, 0) is 37.3 Å². The fraction of sp³-hybridized carbons (Fsp3) is 0.692. The van der Waals surface area contributed by atoms with Gasteiger partial charge in [-0.15, -0.1) is 11.3 Å². The third kappa shape index (κ3) is 2.65. The van der Waals surface area contributed by atoms with Crippen molar-refractivity contribution in [2.24, 2.45) is 11.8 Å². The molecule has 2 rings (SSSR count). The Labute approximate surface area is 102 Å². The maximum Gasteiger partial charge on any atom is 0.0581 e. The highest BCUT2D eigenvalue weighted by Crippen LogP contribution is 2.36. The molecule has 0 amide bonds. The van der Waals surface area contributed by atoms with Gasteiger partial charge in [0.2, 0.25) is 0 Å². The van der Waals surface area contributed by atoms with E-state index in [4.69, 9.17) is 5.84 Å². The number of hydrogen-bond acceptors (Lipinski definition) is 3. The molecule has 1 atom stereocenters. The van der Waals surface area contributed by atoms with Crippen LogP contribution in [0.4, 0.5) is 0 Å². The number of nitrogens with two attached hydrogens (primary N) is 1. The minimum absolute atomic E-state index is 0.380. The molecule has 0 aliphatic heterocycles. The van der Waals surface area contributed by atoms with Crippen LogP contribution in [0.25, 0.3) is 0 Å². The van der Waals surface area contributed by atoms with Crippen LogP contribution < -0.4 is 11.3 Å². The van der Waals surface area contributed by atoms with E-state index in [1.165, 1.54) is 41.9 Å². The standard InChI is InChI=1S/C13H22N2S/c1-2-11-8-9-12(16-11)13(15-14)10-6-4-3-5-7-10/h8-10,13,15H,2-7,14H2,1H3. The molecule has 1 aromatic rings. The number of thiophene rings is 1. The summed E-state index contributed by atoms with van der Waals surface area (Å²) in [7, 11) is 0. The Morgan fingerprint density at radius 2 is 2.12 bits per heavy atom. The lowest BCUT2D eigenvalue weighted by atomic mass is 9.83. The lowest BCUT2D eigenvalue weighted by Gasteiger charge is -2.29. The van der Waals surface area contributed by atoms with E-state index in [1.54, 1.807) is 0 Å². The van der Waals surface area contributed by atoms with Gasteiger partial charge >= 0.3 is 0 Å². The normalized spacial score (nSPS) is 19.9. The second-order valence-electron chi connectivity index (χ2n) is 4.70. The van der Waals surface area contributed by atoms with Crippen LogP contribution in [0.1, 0.15) is 54.8 Å². The van der Waals surface area contributed by atoms with Crippen molar-refractivity contribution in [1.29, 1.82) is 0 Å². The molecule has 1 aromatic heterocycles. The van der Waals surface area contributed by atoms with Crippen molar-refractivity contribution in [3.05, 3.63) is 21.9 Å². The Hall–Kier alpha value is -0.380. The van der Waals surface area contributed by atoms with Gasteiger partial charge in [0.25, 0.3) is 0 Å². The van der Waals surface area contributed by atoms with Crippen molar-refractivity contribution < 1.29 is 0 Å². The zero-order chi connectivity index (χ0) is 11.4. The summed E-state index contributed by atoms with van der Waals surface area (Å²) >= 11 is 1.92. The van der Waals surface area contributed by atoms with E-state index >= 15 is 0 Å². The first kappa shape index (κ1) is 12.1. The van der Waals surface area contributed by atoms with E-state index in [1.807, 2.05) is 11.3 Å². The summed E-state index contributed by atoms with van der Waals surface area (Å²) in [6.45, 7) is 2.21. The van der Waals surface area contributed by atoms with E-state index in [9.17, 15) is 0 Å². The van der Waals surface area contributed by atoms with Crippen LogP contribution in [0.2, 0.25) is 0 Å². The summed E-state index contributed by atoms with van der Waals surface area (Å²) in [4.78, 5) is 2.89. The molecule has 2 nitrogen and oxygen atoms in total. The Morgan fingerprint density at radius 3 is 2.69 bits per heavy atom. The number of rotatable bonds is 4. The summed E-state index contributed by atoms with van der Waals surface area (Å²) in [5, 5.41) is 0. The Bertz CT molecular complexity index is 315. The van der Waals surface area contributed by atoms with Crippen molar-refractivity contribution in [3.63, 3.8) is 0 Å². The van der Waals surface area contributed by atoms with Crippen molar-refractivity contribution in [2.45, 2.75) is 51.5 Å². The summed E-state index contributed by atoms with van der Waals surface area (Å²) in [5.74, 6) is 6.48. The molecule has 3 N–H and O–H groups in total. The van der Waals surface area contributed by atoms with Crippen molar-refractivity contribution >= 4 is 11.3 Å². The minimum atomic E-state index is 0.380. The third-order valence-corrected chi connectivity index (χ3v) is 4.95. The SMILES string of the molecule is CCc1ccc(C(NN)C2CCCCC2)s1. The van der Waals surface area contributed by atoms with E-state index < -0.39 is 0 Å². The van der Waals surface area contributed by atoms with E-state index in [-0.39, 0.29) is 0 Å². The molecule has 1 fully saturated rings. The highest BCUT2D eigenvalue weighted by molar-refractivity contribution is 7.12. The van der Waals surface area contributed by atoms with Gasteiger partial charge in [0, 0.05) is 9.75 Å². The zero-order valence-electron chi connectivity index (χ0n) is 10.0. The Kier molecular flexibility index (Phi) is 4.38. The molecule has 1 saturated carbocycles. The smallest absolute Gasteiger partial charge is 0.0581 e. The highest BCUT2D eigenvalue weighted by atomic mass is 32.1. The summed E-state index contributed by atoms with van der Waals surface area (Å²) in [6.07, 6.45) is 7.93. The molecule has 16 heavy (non-hydrogen) atoms. The van der Waals surface area contributed by atoms with Crippen LogP contribution in [-0.4, -0.2) is 0 Å². The van der Waals surface area contributed by atoms with Crippen molar-refractivity contribution in [3.8, 4) is 0 Å². The predicted molar refractivity (Wildman–Crippen MR) is 70.3 cm³/mol. The molecule has 0 spiro atoms. The topological polar surface area (TPSA) is 38.0 Å². The number of aryl methyl sites for hydroxylation is 1. The highest BCUT2D eigenvalue weighted by Gasteiger charge is 2.25. The first-order valence-electron chi connectivity index (χ1n) is 6.40. The molecule has 90 valence electrons. The molecule has 1 unspecified atom stereocenters. The van der Waals surface area contributed by atoms with Gasteiger partial charge in [-0.1, -0.05) is 26.2 Å². The van der Waals surface area contributed by atoms with Crippen LogP contribution in [0.5, 0.6) is 0 Å². The molecule has 0 radical (unpaired) electrons. The molecule has 3 heteroatoms. The van der Waals surface area contributed by atoms with Crippen LogP contribution in [0.15, 0.2) is 12.1 Å². The second-order valence-corrected chi connectivity index (χ2v) is 5.90. The summed E-state index contributed by atoms with van der Waals surface area (Å²) in [6, 6.07) is 4.88. The minimum Gasteiger partial charge on any atom is -0.271 e. The molecule has 0 saturated heterocycles. The van der Waals surface area contributed by atoms with Crippen LogP contribution >= 0.6 is 11.3 Å². The van der Waals surface area contributed by atoms with Gasteiger partial charge in [0.05, 0.1) is 6.04 Å². The maximum atomic E-state index is 5.74. The zero-order valence-corrected chi connectivity index (χ0v) is 10.9. The quantitative estimate of drug-likeness (QED) is 0.623. The van der Waals surface area contributed by atoms with Gasteiger partial charge in [-0.2, -0.15) is 0 Å². The van der Waals surface area contributed by atoms with Crippen molar-refractivity contribution in [1.82, 2.24) is 5.43 Å². The Balaban J connectivity index is 2.08. The van der Waals surface area contributed by atoms with Gasteiger partial charge in [0.15, 0.2) is 0 Å². The number of hydrogen-bond donors (Lipinski definition) is 2. The monoisotopic (exact) mass is 238 g/mol. The average molecular weight is 238 g/mol. The molecule has 1 aliphatic carbocycles. The first-order valence-corrected chi connectivity index (χ1v) is 7.21. The fourth-order valence-corrected chi connectivity index (χ4v) is 3.78. The first-order chi connectivity index (χ1) is 7.85. The molecule has 0 aromatic carbocycles. The van der Waals surface area contributed by atoms with E-state index in [0.717, 1.165) is 12.3 Å². The molecule has 1 aliphatic rings. The van der Waals surface area contributed by atoms with Gasteiger partial charge in [-0.3, -0.25) is 11.3 Å². The molecular weight excluding hydrogens is 216 g/mol. The van der Waals surface area contributed by atoms with Gasteiger partial charge in [-0.25, -0.2) is 0 Å². The predicted octanol–water partition coefficient (Wildman–Crippen LogP) is 3.40. The van der Waals surface area contributed by atoms with Gasteiger partial charge in [0.1, 0.15) is 0 Å². The van der Waals surface area contributed by atoms with E-state index in [2.05, 4.69) is 24.5 Å². The summed E-state index contributed by atoms with van der Waals surface area (Å²) < 4.78 is 0. The maximum absolute atomic E-state index is 5.74. The molecule has 1 heterocycles.